The molecule has 0 aliphatic rings. The van der Waals surface area contributed by atoms with Gasteiger partial charge in [0.25, 0.3) is 0 Å². The van der Waals surface area contributed by atoms with Gasteiger partial charge in [-0.2, -0.15) is 0 Å². The van der Waals surface area contributed by atoms with Gasteiger partial charge < -0.3 is 29.5 Å². The molecule has 14 heteroatoms. The molecule has 0 atom stereocenters. The van der Waals surface area contributed by atoms with E-state index in [0.29, 0.717) is 0 Å². The molecular formula is C6H8KNaO11S. The number of rotatable bonds is 5. The summed E-state index contributed by atoms with van der Waals surface area (Å²) in [6.07, 6.45) is -2.29. The van der Waals surface area contributed by atoms with E-state index < -0.39 is 46.7 Å². The van der Waals surface area contributed by atoms with Crippen LogP contribution in [-0.4, -0.2) is 61.5 Å². The minimum absolute atomic E-state index is 0. The van der Waals surface area contributed by atoms with Crippen molar-refractivity contribution in [2.75, 3.05) is 0 Å². The van der Waals surface area contributed by atoms with Crippen LogP contribution >= 0.6 is 0 Å². The first-order valence-corrected chi connectivity index (χ1v) is 5.17. The van der Waals surface area contributed by atoms with E-state index in [9.17, 15) is 14.4 Å². The molecule has 0 radical (unpaired) electrons. The van der Waals surface area contributed by atoms with Gasteiger partial charge >= 0.3 is 98.8 Å². The quantitative estimate of drug-likeness (QED) is 0.207. The van der Waals surface area contributed by atoms with Gasteiger partial charge in [0.05, 0.1) is 12.8 Å². The minimum atomic E-state index is -5.17. The Labute approximate surface area is 177 Å². The molecular weight excluding hydrogens is 342 g/mol. The largest absolute Gasteiger partial charge is 1.00 e. The van der Waals surface area contributed by atoms with Crippen LogP contribution in [0, 0.1) is 0 Å². The Morgan fingerprint density at radius 1 is 0.950 bits per heavy atom. The van der Waals surface area contributed by atoms with Crippen LogP contribution in [0.4, 0.5) is 0 Å². The average molecular weight is 350 g/mol. The van der Waals surface area contributed by atoms with Gasteiger partial charge in [-0.3, -0.25) is 18.0 Å². The maximum Gasteiger partial charge on any atom is 1.00 e. The smallest absolute Gasteiger partial charge is 0.759 e. The zero-order valence-corrected chi connectivity index (χ0v) is 16.4. The molecule has 0 saturated carbocycles. The predicted molar refractivity (Wildman–Crippen MR) is 47.6 cm³/mol. The second kappa shape index (κ2) is 12.4. The number of aliphatic carboxylic acids is 3. The average Bonchev–Trinajstić information content (AvgIpc) is 1.95. The fourth-order valence-electron chi connectivity index (χ4n) is 0.714. The van der Waals surface area contributed by atoms with Crippen molar-refractivity contribution in [3.8, 4) is 0 Å². The van der Waals surface area contributed by atoms with E-state index in [1.54, 1.807) is 0 Å². The molecule has 20 heavy (non-hydrogen) atoms. The van der Waals surface area contributed by atoms with Gasteiger partial charge in [0.15, 0.2) is 5.60 Å². The minimum Gasteiger partial charge on any atom is -0.759 e. The molecule has 0 bridgehead atoms. The van der Waals surface area contributed by atoms with Crippen LogP contribution in [0.25, 0.3) is 0 Å². The summed E-state index contributed by atoms with van der Waals surface area (Å²) in [7, 11) is -5.17. The summed E-state index contributed by atoms with van der Waals surface area (Å²) >= 11 is 0. The van der Waals surface area contributed by atoms with E-state index in [1.165, 1.54) is 0 Å². The molecule has 11 nitrogen and oxygen atoms in total. The van der Waals surface area contributed by atoms with Gasteiger partial charge in [-0.05, 0) is 0 Å². The van der Waals surface area contributed by atoms with E-state index in [2.05, 4.69) is 0 Å². The van der Waals surface area contributed by atoms with E-state index in [0.717, 1.165) is 0 Å². The number of carbonyl (C=O) groups is 3. The van der Waals surface area contributed by atoms with Gasteiger partial charge in [-0.1, -0.05) is 0 Å². The summed E-state index contributed by atoms with van der Waals surface area (Å²) < 4.78 is 34.1. The van der Waals surface area contributed by atoms with Crippen LogP contribution in [0.2, 0.25) is 0 Å². The Bertz CT molecular complexity index is 408. The molecule has 0 saturated heterocycles. The number of aliphatic hydroxyl groups is 1. The standard InChI is InChI=1S/C6H8O7.K.Na.H2O4S/c7-3(8)1-6(13,5(11)12)2-4(9)10;;;1-5(2,3)4/h13H,1-2H2,(H,7,8)(H,9,10)(H,11,12);;;(H2,1,2,3,4)/q;2*+1;/p-2. The first kappa shape index (κ1) is 29.0. The number of carboxylic acids is 3. The molecule has 0 aromatic rings. The van der Waals surface area contributed by atoms with Crippen molar-refractivity contribution >= 4 is 28.3 Å². The molecule has 0 unspecified atom stereocenters. The topological polar surface area (TPSA) is 212 Å². The molecule has 0 aliphatic carbocycles. The summed E-state index contributed by atoms with van der Waals surface area (Å²) in [5.41, 5.74) is -2.74. The fourth-order valence-corrected chi connectivity index (χ4v) is 0.714. The van der Waals surface area contributed by atoms with Gasteiger partial charge in [-0.15, -0.1) is 0 Å². The van der Waals surface area contributed by atoms with Crippen molar-refractivity contribution in [3.63, 3.8) is 0 Å². The molecule has 0 amide bonds. The third-order valence-corrected chi connectivity index (χ3v) is 1.29. The second-order valence-corrected chi connectivity index (χ2v) is 3.70. The summed E-state index contributed by atoms with van der Waals surface area (Å²) in [6.45, 7) is 0. The maximum atomic E-state index is 10.3. The van der Waals surface area contributed by atoms with E-state index in [-0.39, 0.29) is 80.9 Å². The van der Waals surface area contributed by atoms with Gasteiger partial charge in [0.2, 0.25) is 0 Å². The zero-order chi connectivity index (χ0) is 15.1. The van der Waals surface area contributed by atoms with Gasteiger partial charge in [0, 0.05) is 10.4 Å². The van der Waals surface area contributed by atoms with E-state index in [4.69, 9.17) is 37.9 Å². The molecule has 0 heterocycles. The van der Waals surface area contributed by atoms with Crippen molar-refractivity contribution in [3.05, 3.63) is 0 Å². The Morgan fingerprint density at radius 3 is 1.25 bits per heavy atom. The van der Waals surface area contributed by atoms with Gasteiger partial charge in [-0.25, -0.2) is 4.79 Å². The monoisotopic (exact) mass is 350 g/mol. The van der Waals surface area contributed by atoms with Crippen LogP contribution in [0.5, 0.6) is 0 Å². The van der Waals surface area contributed by atoms with Crippen LogP contribution < -0.4 is 80.9 Å². The zero-order valence-electron chi connectivity index (χ0n) is 10.5. The van der Waals surface area contributed by atoms with Crippen LogP contribution in [0.3, 0.4) is 0 Å². The van der Waals surface area contributed by atoms with Gasteiger partial charge in [0.1, 0.15) is 0 Å². The van der Waals surface area contributed by atoms with Crippen molar-refractivity contribution in [1.29, 1.82) is 0 Å². The van der Waals surface area contributed by atoms with Crippen LogP contribution in [0.1, 0.15) is 12.8 Å². The van der Waals surface area contributed by atoms with Crippen LogP contribution in [0.15, 0.2) is 0 Å². The maximum absolute atomic E-state index is 10.3. The second-order valence-electron chi connectivity index (χ2n) is 2.89. The molecule has 0 aromatic carbocycles. The Morgan fingerprint density at radius 2 is 1.15 bits per heavy atom. The van der Waals surface area contributed by atoms with Crippen molar-refractivity contribution in [1.82, 2.24) is 0 Å². The summed E-state index contributed by atoms with van der Waals surface area (Å²) in [5, 5.41) is 33.8. The molecule has 4 N–H and O–H groups in total. The third kappa shape index (κ3) is 21.2. The number of hydrogen-bond donors (Lipinski definition) is 4. The molecule has 0 aliphatic heterocycles. The SMILES string of the molecule is O=C(O)CC(O)(CC(=O)O)C(=O)O.O=S(=O)([O-])[O-].[K+].[Na+]. The summed E-state index contributed by atoms with van der Waals surface area (Å²) in [4.78, 5) is 30.5. The van der Waals surface area contributed by atoms with E-state index >= 15 is 0 Å². The summed E-state index contributed by atoms with van der Waals surface area (Å²) in [6, 6.07) is 0. The van der Waals surface area contributed by atoms with Crippen molar-refractivity contribution in [2.45, 2.75) is 18.4 Å². The Kier molecular flexibility index (Phi) is 18.0. The third-order valence-electron chi connectivity index (χ3n) is 1.29. The predicted octanol–water partition coefficient (Wildman–Crippen LogP) is -8.58. The Hall–Kier alpha value is 0.876. The first-order chi connectivity index (χ1) is 7.78. The van der Waals surface area contributed by atoms with Crippen molar-refractivity contribution in [2.24, 2.45) is 0 Å². The first-order valence-electron chi connectivity index (χ1n) is 3.84. The molecule has 0 rings (SSSR count). The van der Waals surface area contributed by atoms with Crippen LogP contribution in [-0.2, 0) is 24.8 Å². The molecule has 106 valence electrons. The molecule has 0 spiro atoms. The number of carboxylic acid groups (broad SMARTS) is 3. The van der Waals surface area contributed by atoms with E-state index in [1.807, 2.05) is 0 Å². The summed E-state index contributed by atoms with van der Waals surface area (Å²) in [5.74, 6) is -5.02. The fraction of sp³-hybridized carbons (Fsp3) is 0.500. The normalized spacial score (nSPS) is 9.95. The Balaban J connectivity index is -0.000000158. The number of hydrogen-bond acceptors (Lipinski definition) is 8. The van der Waals surface area contributed by atoms with Crippen molar-refractivity contribution < 1.29 is 133 Å². The molecule has 0 aromatic heterocycles. The molecule has 0 fully saturated rings.